The quantitative estimate of drug-likeness (QED) is 0.206. The van der Waals surface area contributed by atoms with E-state index in [0.29, 0.717) is 23.0 Å². The third kappa shape index (κ3) is 5.89. The molecular weight excluding hydrogens is 533 g/mol. The Kier molecular flexibility index (Phi) is 7.45. The molecule has 6 rings (SSSR count). The van der Waals surface area contributed by atoms with E-state index in [-0.39, 0.29) is 11.6 Å². The SMILES string of the molecule is CC(C)c1cc(NC(=O)Nc2ccc(Oc3ccnc(-c4cnn(C)c4)c3)cc2F)n(-c2ccc3c(c2)CCNC3)c1. The zero-order chi connectivity index (χ0) is 29.2. The summed E-state index contributed by atoms with van der Waals surface area (Å²) in [5.41, 5.74) is 6.20. The minimum absolute atomic E-state index is 0.0362. The number of hydrogen-bond donors (Lipinski definition) is 3. The average molecular weight is 566 g/mol. The minimum Gasteiger partial charge on any atom is -0.457 e. The molecule has 42 heavy (non-hydrogen) atoms. The number of rotatable bonds is 7. The van der Waals surface area contributed by atoms with Crippen LogP contribution < -0.4 is 20.7 Å². The number of hydrogen-bond acceptors (Lipinski definition) is 5. The van der Waals surface area contributed by atoms with Crippen LogP contribution in [0.1, 0.15) is 36.5 Å². The second kappa shape index (κ2) is 11.5. The Morgan fingerprint density at radius 1 is 1.02 bits per heavy atom. The predicted molar refractivity (Wildman–Crippen MR) is 161 cm³/mol. The van der Waals surface area contributed by atoms with Crippen molar-refractivity contribution < 1.29 is 13.9 Å². The molecule has 10 heteroatoms. The van der Waals surface area contributed by atoms with Crippen LogP contribution in [0.5, 0.6) is 11.5 Å². The van der Waals surface area contributed by atoms with E-state index in [9.17, 15) is 4.79 Å². The fourth-order valence-electron chi connectivity index (χ4n) is 4.98. The van der Waals surface area contributed by atoms with Crippen molar-refractivity contribution in [3.63, 3.8) is 0 Å². The lowest BCUT2D eigenvalue weighted by atomic mass is 10.0. The molecule has 0 saturated heterocycles. The Labute approximate surface area is 243 Å². The number of urea groups is 1. The Morgan fingerprint density at radius 3 is 2.67 bits per heavy atom. The number of nitrogens with one attached hydrogen (secondary N) is 3. The van der Waals surface area contributed by atoms with Crippen molar-refractivity contribution in [2.45, 2.75) is 32.7 Å². The molecule has 5 aromatic rings. The highest BCUT2D eigenvalue weighted by Gasteiger charge is 2.17. The van der Waals surface area contributed by atoms with Crippen LogP contribution in [0.3, 0.4) is 0 Å². The molecule has 0 fully saturated rings. The molecule has 0 bridgehead atoms. The lowest BCUT2D eigenvalue weighted by molar-refractivity contribution is 0.262. The van der Waals surface area contributed by atoms with Crippen molar-refractivity contribution in [2.24, 2.45) is 7.05 Å². The van der Waals surface area contributed by atoms with Gasteiger partial charge in [0.15, 0.2) is 0 Å². The summed E-state index contributed by atoms with van der Waals surface area (Å²) in [6, 6.07) is 15.5. The number of carbonyl (C=O) groups is 1. The van der Waals surface area contributed by atoms with Crippen LogP contribution >= 0.6 is 0 Å². The van der Waals surface area contributed by atoms with Crippen LogP contribution in [0, 0.1) is 5.82 Å². The molecule has 2 amide bonds. The molecule has 214 valence electrons. The number of nitrogens with zero attached hydrogens (tertiary/aromatic N) is 4. The first-order valence-electron chi connectivity index (χ1n) is 13.9. The number of aryl methyl sites for hydroxylation is 1. The zero-order valence-corrected chi connectivity index (χ0v) is 23.7. The number of carbonyl (C=O) groups excluding carboxylic acids is 1. The molecule has 0 radical (unpaired) electrons. The summed E-state index contributed by atoms with van der Waals surface area (Å²) in [5.74, 6) is 1.04. The third-order valence-corrected chi connectivity index (χ3v) is 7.26. The monoisotopic (exact) mass is 565 g/mol. The van der Waals surface area contributed by atoms with E-state index >= 15 is 4.39 Å². The van der Waals surface area contributed by atoms with Gasteiger partial charge in [0.1, 0.15) is 23.1 Å². The van der Waals surface area contributed by atoms with Gasteiger partial charge in [-0.25, -0.2) is 9.18 Å². The minimum atomic E-state index is -0.620. The Balaban J connectivity index is 1.16. The maximum atomic E-state index is 15.1. The van der Waals surface area contributed by atoms with Gasteiger partial charge in [-0.2, -0.15) is 5.10 Å². The molecule has 4 heterocycles. The molecule has 3 N–H and O–H groups in total. The number of amides is 2. The lowest BCUT2D eigenvalue weighted by Gasteiger charge is -2.19. The van der Waals surface area contributed by atoms with Crippen LogP contribution in [-0.2, 0) is 20.0 Å². The summed E-state index contributed by atoms with van der Waals surface area (Å²) in [6.07, 6.45) is 8.17. The van der Waals surface area contributed by atoms with E-state index in [0.717, 1.165) is 36.3 Å². The standard InChI is InChI=1S/C32H32FN7O2/c1-20(2)23-13-31(40(19-23)25-5-4-22-16-34-10-8-21(22)12-25)38-32(41)37-29-7-6-26(14-28(29)33)42-27-9-11-35-30(15-27)24-17-36-39(3)18-24/h4-7,9,11-15,17-20,34H,8,10,16H2,1-3H3,(H2,37,38,41). The molecule has 0 unspecified atom stereocenters. The largest absolute Gasteiger partial charge is 0.457 e. The van der Waals surface area contributed by atoms with E-state index in [1.807, 2.05) is 30.1 Å². The topological polar surface area (TPSA) is 98.0 Å². The predicted octanol–water partition coefficient (Wildman–Crippen LogP) is 6.62. The first-order valence-corrected chi connectivity index (χ1v) is 13.9. The smallest absolute Gasteiger partial charge is 0.324 e. The summed E-state index contributed by atoms with van der Waals surface area (Å²) in [4.78, 5) is 17.4. The van der Waals surface area contributed by atoms with Crippen molar-refractivity contribution >= 4 is 17.5 Å². The molecule has 3 aromatic heterocycles. The van der Waals surface area contributed by atoms with Gasteiger partial charge in [0, 0.05) is 55.6 Å². The molecule has 1 aliphatic rings. The Bertz CT molecular complexity index is 1760. The van der Waals surface area contributed by atoms with E-state index < -0.39 is 11.8 Å². The highest BCUT2D eigenvalue weighted by atomic mass is 19.1. The normalized spacial score (nSPS) is 12.7. The second-order valence-electron chi connectivity index (χ2n) is 10.7. The first-order chi connectivity index (χ1) is 20.3. The van der Waals surface area contributed by atoms with E-state index in [2.05, 4.69) is 58.1 Å². The molecule has 2 aromatic carbocycles. The number of benzene rings is 2. The number of fused-ring (bicyclic) bond motifs is 1. The summed E-state index contributed by atoms with van der Waals surface area (Å²) < 4.78 is 24.6. The van der Waals surface area contributed by atoms with Crippen LogP contribution in [0.2, 0.25) is 0 Å². The fourth-order valence-corrected chi connectivity index (χ4v) is 4.98. The van der Waals surface area contributed by atoms with Gasteiger partial charge >= 0.3 is 6.03 Å². The molecular formula is C32H32FN7O2. The average Bonchev–Trinajstić information content (AvgIpc) is 3.61. The van der Waals surface area contributed by atoms with Gasteiger partial charge in [-0.05, 0) is 72.0 Å². The highest BCUT2D eigenvalue weighted by Crippen LogP contribution is 2.30. The Morgan fingerprint density at radius 2 is 1.88 bits per heavy atom. The summed E-state index contributed by atoms with van der Waals surface area (Å²) in [5, 5.41) is 13.1. The van der Waals surface area contributed by atoms with Gasteiger partial charge in [0.25, 0.3) is 0 Å². The summed E-state index contributed by atoms with van der Waals surface area (Å²) >= 11 is 0. The molecule has 9 nitrogen and oxygen atoms in total. The first kappa shape index (κ1) is 27.2. The Hall–Kier alpha value is -4.96. The number of pyridine rings is 1. The van der Waals surface area contributed by atoms with Crippen molar-refractivity contribution in [1.82, 2.24) is 24.6 Å². The molecule has 0 aliphatic carbocycles. The highest BCUT2D eigenvalue weighted by molar-refractivity contribution is 5.99. The molecule has 0 atom stereocenters. The van der Waals surface area contributed by atoms with Crippen LogP contribution in [0.4, 0.5) is 20.7 Å². The van der Waals surface area contributed by atoms with E-state index in [1.54, 1.807) is 35.3 Å². The zero-order valence-electron chi connectivity index (χ0n) is 23.7. The van der Waals surface area contributed by atoms with Crippen molar-refractivity contribution in [3.8, 4) is 28.4 Å². The van der Waals surface area contributed by atoms with E-state index in [1.165, 1.54) is 23.3 Å². The summed E-state index contributed by atoms with van der Waals surface area (Å²) in [7, 11) is 1.83. The van der Waals surface area contributed by atoms with Crippen LogP contribution in [0.15, 0.2) is 79.4 Å². The summed E-state index contributed by atoms with van der Waals surface area (Å²) in [6.45, 7) is 6.01. The van der Waals surface area contributed by atoms with Crippen LogP contribution in [-0.4, -0.2) is 31.9 Å². The fraction of sp³-hybridized carbons (Fsp3) is 0.219. The van der Waals surface area contributed by atoms with Gasteiger partial charge in [0.2, 0.25) is 0 Å². The number of aromatic nitrogens is 4. The molecule has 0 spiro atoms. The molecule has 1 aliphatic heterocycles. The molecule has 0 saturated carbocycles. The van der Waals surface area contributed by atoms with Gasteiger partial charge in [-0.1, -0.05) is 19.9 Å². The maximum absolute atomic E-state index is 15.1. The van der Waals surface area contributed by atoms with Gasteiger partial charge < -0.3 is 19.9 Å². The lowest BCUT2D eigenvalue weighted by Crippen LogP contribution is -2.24. The van der Waals surface area contributed by atoms with Crippen molar-refractivity contribution in [1.29, 1.82) is 0 Å². The van der Waals surface area contributed by atoms with Gasteiger partial charge in [-0.3, -0.25) is 15.0 Å². The van der Waals surface area contributed by atoms with Crippen molar-refractivity contribution in [3.05, 3.63) is 102 Å². The number of halogens is 1. The van der Waals surface area contributed by atoms with E-state index in [4.69, 9.17) is 4.74 Å². The maximum Gasteiger partial charge on any atom is 0.324 e. The van der Waals surface area contributed by atoms with Crippen LogP contribution in [0.25, 0.3) is 16.9 Å². The second-order valence-corrected chi connectivity index (χ2v) is 10.7. The van der Waals surface area contributed by atoms with Crippen molar-refractivity contribution in [2.75, 3.05) is 17.2 Å². The third-order valence-electron chi connectivity index (χ3n) is 7.26. The van der Waals surface area contributed by atoms with Gasteiger partial charge in [-0.15, -0.1) is 0 Å². The van der Waals surface area contributed by atoms with Gasteiger partial charge in [0.05, 0.1) is 17.6 Å². The number of anilines is 2. The number of ether oxygens (including phenoxy) is 1.